The molecule has 0 radical (unpaired) electrons. The molecular weight excluding hydrogens is 298 g/mol. The average Bonchev–Trinajstić information content (AvgIpc) is 2.37. The molecule has 0 atom stereocenters. The van der Waals surface area contributed by atoms with E-state index in [2.05, 4.69) is 0 Å². The van der Waals surface area contributed by atoms with Gasteiger partial charge < -0.3 is 5.11 Å². The van der Waals surface area contributed by atoms with E-state index in [-0.39, 0.29) is 18.0 Å². The number of benzene rings is 1. The van der Waals surface area contributed by atoms with Crippen LogP contribution in [0.15, 0.2) is 29.2 Å². The van der Waals surface area contributed by atoms with Crippen molar-refractivity contribution in [3.8, 4) is 0 Å². The van der Waals surface area contributed by atoms with Crippen molar-refractivity contribution >= 4 is 21.6 Å². The average molecular weight is 318 g/mol. The Balaban J connectivity index is 2.08. The van der Waals surface area contributed by atoms with E-state index in [0.29, 0.717) is 12.3 Å². The molecule has 1 aliphatic heterocycles. The van der Waals surface area contributed by atoms with Crippen molar-refractivity contribution in [2.75, 3.05) is 19.0 Å². The summed E-state index contributed by atoms with van der Waals surface area (Å²) in [5, 5.41) is 10.1. The zero-order chi connectivity index (χ0) is 14.8. The van der Waals surface area contributed by atoms with Gasteiger partial charge in [0.05, 0.1) is 10.5 Å². The molecule has 1 N–H and O–H groups in total. The maximum atomic E-state index is 12.4. The van der Waals surface area contributed by atoms with E-state index < -0.39 is 15.6 Å². The largest absolute Gasteiger partial charge is 0.387 e. The van der Waals surface area contributed by atoms with Gasteiger partial charge in [0.15, 0.2) is 0 Å². The second kappa shape index (κ2) is 6.02. The predicted molar refractivity (Wildman–Crippen MR) is 79.5 cm³/mol. The quantitative estimate of drug-likeness (QED) is 0.816. The van der Waals surface area contributed by atoms with Crippen molar-refractivity contribution in [3.63, 3.8) is 0 Å². The smallest absolute Gasteiger partial charge is 0.243 e. The van der Waals surface area contributed by atoms with Crippen molar-refractivity contribution < 1.29 is 13.5 Å². The van der Waals surface area contributed by atoms with Crippen molar-refractivity contribution in [1.29, 1.82) is 0 Å². The van der Waals surface area contributed by atoms with E-state index in [1.165, 1.54) is 4.31 Å². The molecule has 2 rings (SSSR count). The number of hydrogen-bond donors (Lipinski definition) is 1. The summed E-state index contributed by atoms with van der Waals surface area (Å²) in [6.45, 7) is 2.35. The summed E-state index contributed by atoms with van der Waals surface area (Å²) in [4.78, 5) is 0.273. The molecular formula is C14H20ClNO3S. The first kappa shape index (κ1) is 15.8. The van der Waals surface area contributed by atoms with Crippen LogP contribution in [0.2, 0.25) is 0 Å². The summed E-state index contributed by atoms with van der Waals surface area (Å²) < 4.78 is 26.1. The monoisotopic (exact) mass is 317 g/mol. The van der Waals surface area contributed by atoms with E-state index in [4.69, 9.17) is 11.6 Å². The molecule has 4 nitrogen and oxygen atoms in total. The zero-order valence-corrected chi connectivity index (χ0v) is 13.1. The van der Waals surface area contributed by atoms with Gasteiger partial charge in [-0.25, -0.2) is 8.42 Å². The van der Waals surface area contributed by atoms with Crippen LogP contribution in [-0.4, -0.2) is 42.4 Å². The number of sulfonamides is 1. The van der Waals surface area contributed by atoms with Crippen molar-refractivity contribution in [2.24, 2.45) is 0 Å². The van der Waals surface area contributed by atoms with Crippen LogP contribution in [0.1, 0.15) is 25.3 Å². The van der Waals surface area contributed by atoms with E-state index in [0.717, 1.165) is 18.4 Å². The van der Waals surface area contributed by atoms with Crippen LogP contribution in [0.25, 0.3) is 0 Å². The highest BCUT2D eigenvalue weighted by Crippen LogP contribution is 2.31. The van der Waals surface area contributed by atoms with Crippen LogP contribution in [-0.2, 0) is 16.4 Å². The SMILES string of the molecule is CCCC1(O)CN(S(=O)(=O)c2ccc(CCCl)cc2)C1. The van der Waals surface area contributed by atoms with Gasteiger partial charge in [0.1, 0.15) is 0 Å². The molecule has 1 fully saturated rings. The minimum Gasteiger partial charge on any atom is -0.387 e. The normalized spacial score (nSPS) is 18.8. The Morgan fingerprint density at radius 2 is 1.90 bits per heavy atom. The summed E-state index contributed by atoms with van der Waals surface area (Å²) in [7, 11) is -3.48. The van der Waals surface area contributed by atoms with Gasteiger partial charge in [-0.05, 0) is 30.5 Å². The highest BCUT2D eigenvalue weighted by molar-refractivity contribution is 7.89. The molecule has 0 bridgehead atoms. The summed E-state index contributed by atoms with van der Waals surface area (Å²) in [5.74, 6) is 0.516. The Kier molecular flexibility index (Phi) is 4.74. The highest BCUT2D eigenvalue weighted by Gasteiger charge is 2.46. The lowest BCUT2D eigenvalue weighted by atomic mass is 9.92. The number of hydrogen-bond acceptors (Lipinski definition) is 3. The molecule has 0 aromatic heterocycles. The topological polar surface area (TPSA) is 57.6 Å². The first-order valence-corrected chi connectivity index (χ1v) is 8.76. The minimum absolute atomic E-state index is 0.187. The fourth-order valence-corrected chi connectivity index (χ4v) is 4.31. The van der Waals surface area contributed by atoms with Gasteiger partial charge in [-0.3, -0.25) is 0 Å². The van der Waals surface area contributed by atoms with Gasteiger partial charge in [0, 0.05) is 19.0 Å². The molecule has 1 heterocycles. The third-order valence-corrected chi connectivity index (χ3v) is 5.60. The van der Waals surface area contributed by atoms with Crippen molar-refractivity contribution in [3.05, 3.63) is 29.8 Å². The molecule has 1 aromatic rings. The first-order chi connectivity index (χ1) is 9.41. The molecule has 112 valence electrons. The summed E-state index contributed by atoms with van der Waals surface area (Å²) in [5.41, 5.74) is 0.172. The minimum atomic E-state index is -3.48. The second-order valence-electron chi connectivity index (χ2n) is 5.33. The third kappa shape index (κ3) is 3.17. The van der Waals surface area contributed by atoms with Gasteiger partial charge in [0.2, 0.25) is 10.0 Å². The first-order valence-electron chi connectivity index (χ1n) is 6.79. The van der Waals surface area contributed by atoms with Crippen LogP contribution in [0, 0.1) is 0 Å². The Morgan fingerprint density at radius 1 is 1.30 bits per heavy atom. The van der Waals surface area contributed by atoms with E-state index in [1.54, 1.807) is 24.3 Å². The summed E-state index contributed by atoms with van der Waals surface area (Å²) in [6, 6.07) is 6.78. The van der Waals surface area contributed by atoms with Crippen molar-refractivity contribution in [1.82, 2.24) is 4.31 Å². The van der Waals surface area contributed by atoms with E-state index in [9.17, 15) is 13.5 Å². The highest BCUT2D eigenvalue weighted by atomic mass is 35.5. The number of alkyl halides is 1. The lowest BCUT2D eigenvalue weighted by molar-refractivity contribution is -0.0653. The van der Waals surface area contributed by atoms with Gasteiger partial charge in [-0.1, -0.05) is 25.5 Å². The van der Waals surface area contributed by atoms with Crippen LogP contribution >= 0.6 is 11.6 Å². The summed E-state index contributed by atoms with van der Waals surface area (Å²) in [6.07, 6.45) is 2.20. The van der Waals surface area contributed by atoms with Crippen LogP contribution < -0.4 is 0 Å². The number of nitrogens with zero attached hydrogens (tertiary/aromatic N) is 1. The Morgan fingerprint density at radius 3 is 2.40 bits per heavy atom. The van der Waals surface area contributed by atoms with E-state index >= 15 is 0 Å². The Labute approximate surface area is 125 Å². The molecule has 1 aliphatic rings. The molecule has 0 unspecified atom stereocenters. The number of β-amino-alcohol motifs (C(OH)–C–C–N with tert-alkyl or cyclic N) is 1. The van der Waals surface area contributed by atoms with Crippen molar-refractivity contribution in [2.45, 2.75) is 36.7 Å². The van der Waals surface area contributed by atoms with Crippen LogP contribution in [0.5, 0.6) is 0 Å². The maximum absolute atomic E-state index is 12.4. The third-order valence-electron chi connectivity index (χ3n) is 3.60. The van der Waals surface area contributed by atoms with Gasteiger partial charge in [-0.2, -0.15) is 4.31 Å². The lowest BCUT2D eigenvalue weighted by Gasteiger charge is -2.45. The molecule has 0 amide bonds. The molecule has 20 heavy (non-hydrogen) atoms. The predicted octanol–water partition coefficient (Wildman–Crippen LogP) is 2.00. The van der Waals surface area contributed by atoms with Gasteiger partial charge in [0.25, 0.3) is 0 Å². The molecule has 0 saturated carbocycles. The fraction of sp³-hybridized carbons (Fsp3) is 0.571. The number of aliphatic hydroxyl groups is 1. The van der Waals surface area contributed by atoms with Gasteiger partial charge >= 0.3 is 0 Å². The van der Waals surface area contributed by atoms with Gasteiger partial charge in [-0.15, -0.1) is 11.6 Å². The van der Waals surface area contributed by atoms with E-state index in [1.807, 2.05) is 6.92 Å². The van der Waals surface area contributed by atoms with Crippen LogP contribution in [0.3, 0.4) is 0 Å². The Bertz CT molecular complexity index is 550. The molecule has 1 saturated heterocycles. The maximum Gasteiger partial charge on any atom is 0.243 e. The number of rotatable bonds is 6. The number of aryl methyl sites for hydroxylation is 1. The molecule has 6 heteroatoms. The zero-order valence-electron chi connectivity index (χ0n) is 11.5. The Hall–Kier alpha value is -0.620. The summed E-state index contributed by atoms with van der Waals surface area (Å²) >= 11 is 5.65. The fourth-order valence-electron chi connectivity index (χ4n) is 2.49. The molecule has 0 spiro atoms. The lowest BCUT2D eigenvalue weighted by Crippen LogP contribution is -2.63. The molecule has 1 aromatic carbocycles. The second-order valence-corrected chi connectivity index (χ2v) is 7.65. The standard InChI is InChI=1S/C14H20ClNO3S/c1-2-8-14(17)10-16(11-14)20(18,19)13-5-3-12(4-6-13)7-9-15/h3-6,17H,2,7-11H2,1H3. The van der Waals surface area contributed by atoms with Crippen LogP contribution in [0.4, 0.5) is 0 Å². The molecule has 0 aliphatic carbocycles. The number of halogens is 1.